The van der Waals surface area contributed by atoms with Gasteiger partial charge in [0.1, 0.15) is 18.8 Å². The number of methoxy groups -OCH3 is 1. The smallest absolute Gasteiger partial charge is 0.340 e. The molecule has 170 valence electrons. The Morgan fingerprint density at radius 2 is 1.67 bits per heavy atom. The maximum absolute atomic E-state index is 12.5. The van der Waals surface area contributed by atoms with Crippen molar-refractivity contribution in [1.29, 1.82) is 0 Å². The van der Waals surface area contributed by atoms with Gasteiger partial charge in [-0.25, -0.2) is 4.79 Å². The molecule has 30 heavy (non-hydrogen) atoms. The fraction of sp³-hybridized carbons (Fsp3) is 0.750. The Bertz CT molecular complexity index is 649. The van der Waals surface area contributed by atoms with Gasteiger partial charge in [-0.15, -0.1) is 16.5 Å². The van der Waals surface area contributed by atoms with Crippen molar-refractivity contribution in [3.8, 4) is 0 Å². The van der Waals surface area contributed by atoms with Crippen LogP contribution in [0.5, 0.6) is 0 Å². The normalized spacial score (nSPS) is 25.6. The van der Waals surface area contributed by atoms with Gasteiger partial charge in [-0.05, 0) is 0 Å². The average molecular weight is 454 g/mol. The number of amides is 2. The van der Waals surface area contributed by atoms with E-state index in [4.69, 9.17) is 35.3 Å². The van der Waals surface area contributed by atoms with E-state index in [-0.39, 0.29) is 19.0 Å². The maximum atomic E-state index is 12.5. The van der Waals surface area contributed by atoms with Gasteiger partial charge in [0.2, 0.25) is 0 Å². The Balaban J connectivity index is 3.30. The fourth-order valence-corrected chi connectivity index (χ4v) is 2.90. The van der Waals surface area contributed by atoms with E-state index in [0.717, 1.165) is 20.8 Å². The summed E-state index contributed by atoms with van der Waals surface area (Å²) < 4.78 is 26.2. The molecule has 2 amide bonds. The van der Waals surface area contributed by atoms with Crippen molar-refractivity contribution in [2.45, 2.75) is 51.4 Å². The largest absolute Gasteiger partial charge is 0.463 e. The lowest BCUT2D eigenvalue weighted by molar-refractivity contribution is -0.278. The first-order valence-electron chi connectivity index (χ1n) is 8.77. The van der Waals surface area contributed by atoms with Crippen LogP contribution in [0.2, 0.25) is 0 Å². The average Bonchev–Trinajstić information content (AvgIpc) is 2.66. The molecule has 0 aromatic heterocycles. The molecular formula is C16H24ClN3O10. The first kappa shape index (κ1) is 25.5. The summed E-state index contributed by atoms with van der Waals surface area (Å²) in [7, 11) is 1.25. The van der Waals surface area contributed by atoms with Gasteiger partial charge >= 0.3 is 23.9 Å². The molecule has 0 aliphatic carbocycles. The summed E-state index contributed by atoms with van der Waals surface area (Å²) in [4.78, 5) is 57.9. The van der Waals surface area contributed by atoms with Crippen LogP contribution in [0.15, 0.2) is 5.29 Å². The van der Waals surface area contributed by atoms with E-state index in [2.05, 4.69) is 10.6 Å². The van der Waals surface area contributed by atoms with Gasteiger partial charge in [0, 0.05) is 33.8 Å². The van der Waals surface area contributed by atoms with Crippen molar-refractivity contribution in [1.82, 2.24) is 10.3 Å². The van der Waals surface area contributed by atoms with Crippen LogP contribution in [0, 0.1) is 4.91 Å². The number of hydrogen-bond donors (Lipinski definition) is 1. The van der Waals surface area contributed by atoms with E-state index in [0.29, 0.717) is 5.01 Å². The molecule has 14 heteroatoms. The zero-order valence-electron chi connectivity index (χ0n) is 16.9. The summed E-state index contributed by atoms with van der Waals surface area (Å²) in [5.41, 5.74) is 0. The van der Waals surface area contributed by atoms with Crippen LogP contribution in [0.3, 0.4) is 0 Å². The van der Waals surface area contributed by atoms with E-state index in [1.165, 1.54) is 7.11 Å². The molecule has 0 aromatic carbocycles. The van der Waals surface area contributed by atoms with Crippen LogP contribution >= 0.6 is 11.6 Å². The highest BCUT2D eigenvalue weighted by molar-refractivity contribution is 6.18. The van der Waals surface area contributed by atoms with Gasteiger partial charge in [-0.1, -0.05) is 0 Å². The molecule has 0 spiro atoms. The highest BCUT2D eigenvalue weighted by Gasteiger charge is 2.51. The van der Waals surface area contributed by atoms with Crippen LogP contribution in [0.25, 0.3) is 0 Å². The second-order valence-corrected chi connectivity index (χ2v) is 6.48. The molecule has 13 nitrogen and oxygen atoms in total. The van der Waals surface area contributed by atoms with Crippen LogP contribution in [0.1, 0.15) is 20.8 Å². The Morgan fingerprint density at radius 3 is 2.13 bits per heavy atom. The lowest BCUT2D eigenvalue weighted by atomic mass is 9.95. The number of esters is 3. The predicted molar refractivity (Wildman–Crippen MR) is 99.0 cm³/mol. The molecule has 1 rings (SSSR count). The Kier molecular flexibility index (Phi) is 10.4. The number of halogens is 1. The summed E-state index contributed by atoms with van der Waals surface area (Å²) in [6, 6.07) is -2.24. The summed E-state index contributed by atoms with van der Waals surface area (Å²) in [5, 5.41) is 5.50. The molecule has 0 aromatic rings. The third-order valence-electron chi connectivity index (χ3n) is 3.86. The number of ether oxygens (including phenoxy) is 5. The summed E-state index contributed by atoms with van der Waals surface area (Å²) in [6.07, 6.45) is -4.87. The van der Waals surface area contributed by atoms with E-state index >= 15 is 0 Å². The minimum absolute atomic E-state index is 0.0799. The SMILES string of the molecule is COC1O[C@H](COC(C)=O)[C@@H](OC(C)=O)[C@H](NC(=O)N(CCCl)N=O)[C@H]1OC(C)=O. The lowest BCUT2D eigenvalue weighted by Gasteiger charge is -2.44. The minimum Gasteiger partial charge on any atom is -0.463 e. The first-order chi connectivity index (χ1) is 14.1. The van der Waals surface area contributed by atoms with Crippen molar-refractivity contribution in [3.05, 3.63) is 4.91 Å². The number of nitrogens with zero attached hydrogens (tertiary/aromatic N) is 2. The molecular weight excluding hydrogens is 430 g/mol. The topological polar surface area (TPSA) is 159 Å². The third-order valence-corrected chi connectivity index (χ3v) is 4.03. The zero-order chi connectivity index (χ0) is 22.8. The van der Waals surface area contributed by atoms with Crippen molar-refractivity contribution in [3.63, 3.8) is 0 Å². The lowest BCUT2D eigenvalue weighted by Crippen LogP contribution is -2.67. The number of urea groups is 1. The summed E-state index contributed by atoms with van der Waals surface area (Å²) >= 11 is 5.55. The third kappa shape index (κ3) is 7.39. The molecule has 5 atom stereocenters. The molecule has 1 saturated heterocycles. The summed E-state index contributed by atoms with van der Waals surface area (Å²) in [5.74, 6) is -2.20. The maximum Gasteiger partial charge on any atom is 0.340 e. The number of nitroso groups, excluding NO2 is 1. The molecule has 0 saturated carbocycles. The molecule has 1 heterocycles. The number of carbonyl (C=O) groups excluding carboxylic acids is 4. The van der Waals surface area contributed by atoms with Crippen LogP contribution < -0.4 is 5.32 Å². The van der Waals surface area contributed by atoms with Crippen LogP contribution in [-0.2, 0) is 38.1 Å². The van der Waals surface area contributed by atoms with Crippen LogP contribution in [0.4, 0.5) is 4.79 Å². The van der Waals surface area contributed by atoms with Gasteiger partial charge in [-0.3, -0.25) is 14.4 Å². The molecule has 1 aliphatic rings. The van der Waals surface area contributed by atoms with E-state index in [1.807, 2.05) is 0 Å². The second kappa shape index (κ2) is 12.2. The standard InChI is InChI=1S/C16H24ClN3O10/c1-8(21)27-7-11-13(28-9(2)22)12(18-16(24)20(19-25)6-5-17)14(29-10(3)23)15(26-4)30-11/h11-15H,5-7H2,1-4H3,(H,18,24)/t11-,12+,13-,14-,15?/m1/s1. The Morgan fingerprint density at radius 1 is 1.07 bits per heavy atom. The highest BCUT2D eigenvalue weighted by atomic mass is 35.5. The van der Waals surface area contributed by atoms with E-state index in [9.17, 15) is 24.1 Å². The molecule has 1 unspecified atom stereocenters. The first-order valence-corrected chi connectivity index (χ1v) is 9.31. The minimum atomic E-state index is -1.28. The highest BCUT2D eigenvalue weighted by Crippen LogP contribution is 2.27. The Labute approximate surface area is 177 Å². The van der Waals surface area contributed by atoms with Gasteiger partial charge < -0.3 is 29.0 Å². The molecule has 1 fully saturated rings. The van der Waals surface area contributed by atoms with E-state index < -0.39 is 54.6 Å². The number of rotatable bonds is 9. The van der Waals surface area contributed by atoms with Gasteiger partial charge in [0.25, 0.3) is 0 Å². The van der Waals surface area contributed by atoms with Crippen molar-refractivity contribution in [2.24, 2.45) is 5.29 Å². The van der Waals surface area contributed by atoms with Crippen molar-refractivity contribution in [2.75, 3.05) is 26.1 Å². The molecule has 1 aliphatic heterocycles. The molecule has 1 N–H and O–H groups in total. The number of hydrogen-bond acceptors (Lipinski definition) is 11. The molecule has 0 bridgehead atoms. The number of alkyl halides is 1. The van der Waals surface area contributed by atoms with Crippen LogP contribution in [-0.4, -0.2) is 85.7 Å². The molecule has 0 radical (unpaired) electrons. The Hall–Kier alpha value is -2.51. The quantitative estimate of drug-likeness (QED) is 0.166. The predicted octanol–water partition coefficient (Wildman–Crippen LogP) is 0.0846. The summed E-state index contributed by atoms with van der Waals surface area (Å²) in [6.45, 7) is 2.82. The van der Waals surface area contributed by atoms with E-state index in [1.54, 1.807) is 0 Å². The number of nitrogens with one attached hydrogen (secondary N) is 1. The van der Waals surface area contributed by atoms with Crippen molar-refractivity contribution >= 4 is 35.5 Å². The second-order valence-electron chi connectivity index (χ2n) is 6.10. The number of carbonyl (C=O) groups is 4. The van der Waals surface area contributed by atoms with Gasteiger partial charge in [-0.2, -0.15) is 5.01 Å². The van der Waals surface area contributed by atoms with Gasteiger partial charge in [0.05, 0.1) is 11.8 Å². The van der Waals surface area contributed by atoms with Crippen molar-refractivity contribution < 1.29 is 42.9 Å². The zero-order valence-corrected chi connectivity index (χ0v) is 17.6. The van der Waals surface area contributed by atoms with Gasteiger partial charge in [0.15, 0.2) is 18.5 Å². The monoisotopic (exact) mass is 453 g/mol. The fourth-order valence-electron chi connectivity index (χ4n) is 2.74.